The van der Waals surface area contributed by atoms with Gasteiger partial charge in [-0.2, -0.15) is 0 Å². The van der Waals surface area contributed by atoms with Gasteiger partial charge in [-0.25, -0.2) is 4.57 Å². The number of likely N-dealkylation sites (tertiary alicyclic amines) is 1. The standard InChI is InChI=1S/C21H21ClNO8P/c1-23-7-6-12(16(26)10-23)19-14(24)9-18(31-32(27,28)29)20-15(25)8-17(30-21(19)20)11-4-2-3-5-13(11)22/h2-5,8-9,12,16,24,26H,6-7,10H2,1H3,(H2,27,28,29)/i1D3,9D. The minimum absolute atomic E-state index is 0.000382. The lowest BCUT2D eigenvalue weighted by molar-refractivity contribution is 0.0630. The Labute approximate surface area is 193 Å². The predicted molar refractivity (Wildman–Crippen MR) is 118 cm³/mol. The molecule has 1 aliphatic heterocycles. The summed E-state index contributed by atoms with van der Waals surface area (Å²) in [6.45, 7) is -2.78. The zero-order valence-corrected chi connectivity index (χ0v) is 18.0. The van der Waals surface area contributed by atoms with Crippen LogP contribution in [0.5, 0.6) is 11.5 Å². The summed E-state index contributed by atoms with van der Waals surface area (Å²) in [6, 6.07) is 6.49. The zero-order valence-electron chi connectivity index (χ0n) is 20.4. The fraction of sp³-hybridized carbons (Fsp3) is 0.286. The van der Waals surface area contributed by atoms with Gasteiger partial charge in [-0.05, 0) is 32.1 Å². The Kier molecular flexibility index (Phi) is 4.81. The third kappa shape index (κ3) is 4.41. The van der Waals surface area contributed by atoms with E-state index in [1.54, 1.807) is 24.3 Å². The molecule has 0 spiro atoms. The maximum atomic E-state index is 13.2. The van der Waals surface area contributed by atoms with Crippen molar-refractivity contribution in [3.05, 3.63) is 57.2 Å². The molecule has 11 heteroatoms. The Balaban J connectivity index is 2.01. The topological polar surface area (TPSA) is 141 Å². The van der Waals surface area contributed by atoms with Crippen molar-refractivity contribution in [3.63, 3.8) is 0 Å². The van der Waals surface area contributed by atoms with Crippen LogP contribution in [0.15, 0.2) is 45.6 Å². The summed E-state index contributed by atoms with van der Waals surface area (Å²) in [5.74, 6) is -2.76. The number of phenols is 1. The number of hydrogen-bond donors (Lipinski definition) is 4. The summed E-state index contributed by atoms with van der Waals surface area (Å²) < 4.78 is 53.1. The van der Waals surface area contributed by atoms with E-state index in [1.807, 2.05) is 0 Å². The Morgan fingerprint density at radius 2 is 2.12 bits per heavy atom. The summed E-state index contributed by atoms with van der Waals surface area (Å²) in [6.07, 6.45) is -1.35. The largest absolute Gasteiger partial charge is 0.524 e. The van der Waals surface area contributed by atoms with Gasteiger partial charge in [0.15, 0.2) is 5.43 Å². The fourth-order valence-electron chi connectivity index (χ4n) is 3.84. The van der Waals surface area contributed by atoms with Crippen molar-refractivity contribution >= 4 is 30.4 Å². The molecular weight excluding hydrogens is 461 g/mol. The number of aliphatic hydroxyl groups excluding tert-OH is 1. The molecule has 1 aliphatic rings. The summed E-state index contributed by atoms with van der Waals surface area (Å²) in [5, 5.41) is 21.4. The average molecular weight is 486 g/mol. The average Bonchev–Trinajstić information content (AvgIpc) is 2.76. The molecule has 0 amide bonds. The molecule has 1 aromatic heterocycles. The Morgan fingerprint density at radius 1 is 1.38 bits per heavy atom. The van der Waals surface area contributed by atoms with Crippen LogP contribution in [0, 0.1) is 0 Å². The van der Waals surface area contributed by atoms with Gasteiger partial charge in [-0.3, -0.25) is 14.6 Å². The molecule has 2 heterocycles. The van der Waals surface area contributed by atoms with E-state index in [0.717, 1.165) is 11.0 Å². The van der Waals surface area contributed by atoms with Gasteiger partial charge in [0, 0.05) is 39.8 Å². The van der Waals surface area contributed by atoms with Gasteiger partial charge < -0.3 is 24.1 Å². The SMILES string of the molecule is [2H]c1c(O)c(C2CCN(C([2H])([2H])[2H])CC2O)c2oc(-c3ccccc3Cl)cc(=O)c2c1OP(=O)(O)O. The number of fused-ring (bicyclic) bond motifs is 1. The summed E-state index contributed by atoms with van der Waals surface area (Å²) in [4.78, 5) is 33.0. The number of phosphoric ester groups is 1. The quantitative estimate of drug-likeness (QED) is 0.410. The van der Waals surface area contributed by atoms with Crippen molar-refractivity contribution < 1.29 is 39.0 Å². The van der Waals surface area contributed by atoms with E-state index in [1.165, 1.54) is 0 Å². The molecule has 4 N–H and O–H groups in total. The molecule has 32 heavy (non-hydrogen) atoms. The molecule has 4 rings (SSSR count). The lowest BCUT2D eigenvalue weighted by atomic mass is 9.85. The van der Waals surface area contributed by atoms with Gasteiger partial charge >= 0.3 is 7.82 Å². The van der Waals surface area contributed by atoms with Crippen LogP contribution in [0.4, 0.5) is 0 Å². The molecule has 0 aliphatic carbocycles. The van der Waals surface area contributed by atoms with Gasteiger partial charge in [0.2, 0.25) is 0 Å². The van der Waals surface area contributed by atoms with Crippen molar-refractivity contribution in [1.29, 1.82) is 0 Å². The zero-order chi connectivity index (χ0) is 26.6. The second-order valence-electron chi connectivity index (χ2n) is 7.37. The first-order valence-electron chi connectivity index (χ1n) is 11.5. The van der Waals surface area contributed by atoms with Crippen molar-refractivity contribution in [3.8, 4) is 22.8 Å². The number of likely N-dealkylation sites (N-methyl/N-ethyl adjacent to an activating group) is 1. The number of phenolic OH excluding ortho intramolecular Hbond substituents is 1. The van der Waals surface area contributed by atoms with Crippen LogP contribution in [0.2, 0.25) is 5.02 Å². The highest BCUT2D eigenvalue weighted by atomic mass is 35.5. The first kappa shape index (κ1) is 18.1. The highest BCUT2D eigenvalue weighted by molar-refractivity contribution is 7.46. The molecule has 170 valence electrons. The first-order chi connectivity index (χ1) is 16.7. The van der Waals surface area contributed by atoms with E-state index < -0.39 is 55.2 Å². The van der Waals surface area contributed by atoms with Gasteiger partial charge in [-0.15, -0.1) is 0 Å². The third-order valence-electron chi connectivity index (χ3n) is 5.21. The number of benzene rings is 2. The fourth-order valence-corrected chi connectivity index (χ4v) is 4.44. The maximum absolute atomic E-state index is 13.2. The normalized spacial score (nSPS) is 22.1. The molecule has 0 radical (unpaired) electrons. The Morgan fingerprint density at radius 3 is 2.78 bits per heavy atom. The lowest BCUT2D eigenvalue weighted by Gasteiger charge is -2.34. The van der Waals surface area contributed by atoms with Crippen molar-refractivity contribution in [2.45, 2.75) is 18.4 Å². The van der Waals surface area contributed by atoms with E-state index in [4.69, 9.17) is 21.5 Å². The van der Waals surface area contributed by atoms with Crippen LogP contribution in [-0.2, 0) is 4.57 Å². The Hall–Kier alpha value is -2.39. The highest BCUT2D eigenvalue weighted by Gasteiger charge is 2.34. The van der Waals surface area contributed by atoms with E-state index in [9.17, 15) is 29.4 Å². The number of nitrogens with zero attached hydrogens (tertiary/aromatic N) is 1. The number of hydrogen-bond acceptors (Lipinski definition) is 7. The Bertz CT molecular complexity index is 1440. The van der Waals surface area contributed by atoms with Crippen molar-refractivity contribution in [1.82, 2.24) is 4.90 Å². The minimum atomic E-state index is -5.27. The summed E-state index contributed by atoms with van der Waals surface area (Å²) >= 11 is 6.24. The monoisotopic (exact) mass is 485 g/mol. The van der Waals surface area contributed by atoms with Crippen molar-refractivity contribution in [2.24, 2.45) is 0 Å². The molecule has 2 aromatic carbocycles. The van der Waals surface area contributed by atoms with Crippen LogP contribution in [0.3, 0.4) is 0 Å². The number of β-amino-alcohol motifs (C(OH)–C–C–N with tert-alkyl or cyclic N) is 1. The van der Waals surface area contributed by atoms with Crippen LogP contribution >= 0.6 is 19.4 Å². The number of rotatable bonds is 4. The van der Waals surface area contributed by atoms with E-state index in [2.05, 4.69) is 4.52 Å². The van der Waals surface area contributed by atoms with Gasteiger partial charge in [0.05, 0.1) is 12.5 Å². The molecule has 9 nitrogen and oxygen atoms in total. The van der Waals surface area contributed by atoms with Gasteiger partial charge in [0.25, 0.3) is 0 Å². The molecule has 2 atom stereocenters. The second kappa shape index (κ2) is 8.51. The maximum Gasteiger partial charge on any atom is 0.524 e. The molecule has 1 fully saturated rings. The third-order valence-corrected chi connectivity index (χ3v) is 5.96. The molecule has 0 saturated carbocycles. The highest BCUT2D eigenvalue weighted by Crippen LogP contribution is 2.47. The number of aromatic hydroxyl groups is 1. The molecular formula is C21H21ClNO8P. The number of phosphoric acid groups is 1. The van der Waals surface area contributed by atoms with E-state index in [-0.39, 0.29) is 41.4 Å². The molecule has 0 bridgehead atoms. The van der Waals surface area contributed by atoms with Crippen LogP contribution in [0.25, 0.3) is 22.3 Å². The van der Waals surface area contributed by atoms with Gasteiger partial charge in [0.1, 0.15) is 28.2 Å². The predicted octanol–water partition coefficient (Wildman–Crippen LogP) is 3.07. The van der Waals surface area contributed by atoms with Crippen molar-refractivity contribution in [2.75, 3.05) is 20.1 Å². The first-order valence-corrected chi connectivity index (χ1v) is 11.4. The molecule has 1 saturated heterocycles. The van der Waals surface area contributed by atoms with Crippen LogP contribution < -0.4 is 9.95 Å². The molecule has 2 unspecified atom stereocenters. The number of piperidine rings is 1. The molecule has 3 aromatic rings. The summed E-state index contributed by atoms with van der Waals surface area (Å²) in [5.41, 5.74) is -1.11. The van der Waals surface area contributed by atoms with Crippen LogP contribution in [0.1, 0.15) is 23.4 Å². The van der Waals surface area contributed by atoms with Gasteiger partial charge in [-0.1, -0.05) is 23.7 Å². The van der Waals surface area contributed by atoms with Crippen LogP contribution in [-0.4, -0.2) is 51.1 Å². The summed E-state index contributed by atoms with van der Waals surface area (Å²) in [7, 11) is -5.27. The van der Waals surface area contributed by atoms with E-state index >= 15 is 0 Å². The minimum Gasteiger partial charge on any atom is -0.507 e. The number of aliphatic hydroxyl groups is 1. The lowest BCUT2D eigenvalue weighted by Crippen LogP contribution is -2.40. The second-order valence-corrected chi connectivity index (χ2v) is 8.94. The smallest absolute Gasteiger partial charge is 0.507 e. The number of halogens is 1. The van der Waals surface area contributed by atoms with E-state index in [0.29, 0.717) is 5.56 Å².